The van der Waals surface area contributed by atoms with Gasteiger partial charge in [0.15, 0.2) is 11.5 Å². The van der Waals surface area contributed by atoms with Gasteiger partial charge in [-0.3, -0.25) is 0 Å². The van der Waals surface area contributed by atoms with E-state index in [9.17, 15) is 18.3 Å². The number of aliphatic hydroxyl groups is 1. The predicted octanol–water partition coefficient (Wildman–Crippen LogP) is 5.92. The van der Waals surface area contributed by atoms with Crippen molar-refractivity contribution in [2.24, 2.45) is 5.92 Å². The molecule has 1 amide bonds. The minimum atomic E-state index is -4.05. The Morgan fingerprint density at radius 2 is 1.61 bits per heavy atom. The molecule has 0 aromatic heterocycles. The van der Waals surface area contributed by atoms with Crippen molar-refractivity contribution in [2.75, 3.05) is 19.9 Å². The number of hydrogen-bond donors (Lipinski definition) is 2. The van der Waals surface area contributed by atoms with Gasteiger partial charge in [0.25, 0.3) is 0 Å². The third kappa shape index (κ3) is 9.85. The van der Waals surface area contributed by atoms with Gasteiger partial charge in [-0.15, -0.1) is 0 Å². The molecule has 0 unspecified atom stereocenters. The topological polar surface area (TPSA) is 124 Å². The van der Waals surface area contributed by atoms with Crippen LogP contribution in [0.15, 0.2) is 77.7 Å². The van der Waals surface area contributed by atoms with Crippen LogP contribution in [0.4, 0.5) is 4.79 Å². The van der Waals surface area contributed by atoms with Crippen LogP contribution in [0.1, 0.15) is 58.6 Å². The SMILES string of the molecule is CCC(CC)CN(C[C@@H](O)[C@H](Cc1ccc(OCc2ccccc2)cc1)NC(=O)OC(C)(C)C)S(=O)(=O)c1ccc2c(c1)OCO2. The molecule has 10 nitrogen and oxygen atoms in total. The van der Waals surface area contributed by atoms with E-state index in [1.54, 1.807) is 26.8 Å². The lowest BCUT2D eigenvalue weighted by Crippen LogP contribution is -2.52. The summed E-state index contributed by atoms with van der Waals surface area (Å²) in [6, 6.07) is 20.9. The van der Waals surface area contributed by atoms with E-state index >= 15 is 0 Å². The first kappa shape index (κ1) is 35.1. The Morgan fingerprint density at radius 1 is 0.935 bits per heavy atom. The molecule has 3 aromatic carbocycles. The fourth-order valence-electron chi connectivity index (χ4n) is 5.09. The first-order valence-electron chi connectivity index (χ1n) is 15.7. The highest BCUT2D eigenvalue weighted by molar-refractivity contribution is 7.89. The normalized spacial score (nSPS) is 14.3. The molecule has 2 N–H and O–H groups in total. The molecular weight excluding hydrogens is 608 g/mol. The number of nitrogens with zero attached hydrogens (tertiary/aromatic N) is 1. The van der Waals surface area contributed by atoms with E-state index in [2.05, 4.69) is 5.32 Å². The van der Waals surface area contributed by atoms with Gasteiger partial charge in [0.2, 0.25) is 16.8 Å². The number of nitrogens with one attached hydrogen (secondary N) is 1. The number of sulfonamides is 1. The summed E-state index contributed by atoms with van der Waals surface area (Å²) in [6.45, 7) is 9.68. The Balaban J connectivity index is 1.55. The third-order valence-electron chi connectivity index (χ3n) is 7.78. The lowest BCUT2D eigenvalue weighted by atomic mass is 10.00. The van der Waals surface area contributed by atoms with E-state index in [1.807, 2.05) is 68.4 Å². The molecule has 46 heavy (non-hydrogen) atoms. The van der Waals surface area contributed by atoms with Gasteiger partial charge in [-0.2, -0.15) is 4.31 Å². The average molecular weight is 655 g/mol. The summed E-state index contributed by atoms with van der Waals surface area (Å²) < 4.78 is 51.5. The maximum Gasteiger partial charge on any atom is 0.407 e. The quantitative estimate of drug-likeness (QED) is 0.207. The van der Waals surface area contributed by atoms with Crippen molar-refractivity contribution in [3.05, 3.63) is 83.9 Å². The van der Waals surface area contributed by atoms with E-state index < -0.39 is 33.9 Å². The van der Waals surface area contributed by atoms with Gasteiger partial charge >= 0.3 is 6.09 Å². The third-order valence-corrected chi connectivity index (χ3v) is 9.61. The van der Waals surface area contributed by atoms with Crippen LogP contribution in [-0.2, 0) is 27.8 Å². The number of fused-ring (bicyclic) bond motifs is 1. The van der Waals surface area contributed by atoms with Crippen molar-refractivity contribution < 1.29 is 37.3 Å². The molecule has 3 aromatic rings. The van der Waals surface area contributed by atoms with Gasteiger partial charge in [0, 0.05) is 19.2 Å². The number of benzene rings is 3. The molecule has 0 saturated heterocycles. The zero-order valence-corrected chi connectivity index (χ0v) is 28.1. The summed E-state index contributed by atoms with van der Waals surface area (Å²) >= 11 is 0. The summed E-state index contributed by atoms with van der Waals surface area (Å²) in [5, 5.41) is 14.4. The van der Waals surface area contributed by atoms with Crippen LogP contribution < -0.4 is 19.5 Å². The fraction of sp³-hybridized carbons (Fsp3) is 0.457. The molecular formula is C35H46N2O8S. The van der Waals surface area contributed by atoms with Gasteiger partial charge in [-0.05, 0) is 68.5 Å². The molecule has 1 heterocycles. The van der Waals surface area contributed by atoms with Crippen LogP contribution in [0.5, 0.6) is 17.2 Å². The van der Waals surface area contributed by atoms with E-state index in [0.29, 0.717) is 23.9 Å². The van der Waals surface area contributed by atoms with Crippen LogP contribution in [0.25, 0.3) is 0 Å². The fourth-order valence-corrected chi connectivity index (χ4v) is 6.64. The van der Waals surface area contributed by atoms with Crippen molar-refractivity contribution in [1.82, 2.24) is 9.62 Å². The lowest BCUT2D eigenvalue weighted by Gasteiger charge is -2.32. The second kappa shape index (κ2) is 15.7. The van der Waals surface area contributed by atoms with Crippen LogP contribution in [0, 0.1) is 5.92 Å². The van der Waals surface area contributed by atoms with E-state index in [4.69, 9.17) is 18.9 Å². The number of rotatable bonds is 15. The highest BCUT2D eigenvalue weighted by atomic mass is 32.2. The molecule has 1 aliphatic rings. The number of ether oxygens (including phenoxy) is 4. The number of carbonyl (C=O) groups excluding carboxylic acids is 1. The van der Waals surface area contributed by atoms with Crippen LogP contribution in [0.3, 0.4) is 0 Å². The molecule has 0 saturated carbocycles. The smallest absolute Gasteiger partial charge is 0.407 e. The summed E-state index contributed by atoms with van der Waals surface area (Å²) in [5.74, 6) is 1.57. The van der Waals surface area contributed by atoms with E-state index in [0.717, 1.165) is 24.0 Å². The Hall–Kier alpha value is -3.80. The van der Waals surface area contributed by atoms with Crippen molar-refractivity contribution in [2.45, 2.75) is 83.1 Å². The molecule has 1 aliphatic heterocycles. The predicted molar refractivity (Wildman–Crippen MR) is 175 cm³/mol. The Morgan fingerprint density at radius 3 is 2.26 bits per heavy atom. The van der Waals surface area contributed by atoms with Crippen molar-refractivity contribution in [3.63, 3.8) is 0 Å². The Bertz CT molecular complexity index is 1520. The zero-order chi connectivity index (χ0) is 33.3. The molecule has 250 valence electrons. The molecule has 0 aliphatic carbocycles. The minimum Gasteiger partial charge on any atom is -0.489 e. The average Bonchev–Trinajstić information content (AvgIpc) is 3.50. The minimum absolute atomic E-state index is 0.0210. The summed E-state index contributed by atoms with van der Waals surface area (Å²) in [6.07, 6.45) is -0.220. The van der Waals surface area contributed by atoms with Crippen LogP contribution >= 0.6 is 0 Å². The van der Waals surface area contributed by atoms with Crippen molar-refractivity contribution in [3.8, 4) is 17.2 Å². The maximum absolute atomic E-state index is 14.0. The number of aliphatic hydroxyl groups excluding tert-OH is 1. The Kier molecular flexibility index (Phi) is 11.9. The molecule has 0 fully saturated rings. The number of alkyl carbamates (subject to hydrolysis) is 1. The zero-order valence-electron chi connectivity index (χ0n) is 27.3. The number of hydrogen-bond acceptors (Lipinski definition) is 8. The molecule has 4 rings (SSSR count). The van der Waals surface area contributed by atoms with Crippen molar-refractivity contribution >= 4 is 16.1 Å². The highest BCUT2D eigenvalue weighted by Crippen LogP contribution is 2.35. The monoisotopic (exact) mass is 654 g/mol. The molecule has 0 bridgehead atoms. The summed E-state index contributed by atoms with van der Waals surface area (Å²) in [7, 11) is -4.05. The first-order valence-corrected chi connectivity index (χ1v) is 17.1. The highest BCUT2D eigenvalue weighted by Gasteiger charge is 2.33. The van der Waals surface area contributed by atoms with Crippen molar-refractivity contribution in [1.29, 1.82) is 0 Å². The Labute approximate surface area is 272 Å². The van der Waals surface area contributed by atoms with E-state index in [1.165, 1.54) is 16.4 Å². The molecule has 2 atom stereocenters. The maximum atomic E-state index is 14.0. The first-order chi connectivity index (χ1) is 21.9. The summed E-state index contributed by atoms with van der Waals surface area (Å²) in [5.41, 5.74) is 1.10. The number of amides is 1. The van der Waals surface area contributed by atoms with E-state index in [-0.39, 0.29) is 37.1 Å². The van der Waals surface area contributed by atoms with Gasteiger partial charge in [0.05, 0.1) is 17.0 Å². The second-order valence-corrected chi connectivity index (χ2v) is 14.4. The molecule has 11 heteroatoms. The van der Waals surface area contributed by atoms with Crippen LogP contribution in [0.2, 0.25) is 0 Å². The summed E-state index contributed by atoms with van der Waals surface area (Å²) in [4.78, 5) is 12.9. The lowest BCUT2D eigenvalue weighted by molar-refractivity contribution is 0.0398. The molecule has 0 spiro atoms. The van der Waals surface area contributed by atoms with Crippen LogP contribution in [-0.4, -0.2) is 61.6 Å². The number of carbonyl (C=O) groups is 1. The standard InChI is InChI=1S/C35H46N2O8S/c1-6-25(7-2)21-37(46(40,41)29-17-18-32-33(20-29)44-24-43-32)22-31(38)30(36-34(39)45-35(3,4)5)19-26-13-15-28(16-14-26)42-23-27-11-9-8-10-12-27/h8-18,20,25,30-31,38H,6-7,19,21-24H2,1-5H3,(H,36,39)/t30-,31+/m0/s1. The molecule has 0 radical (unpaired) electrons. The van der Waals surface area contributed by atoms with Gasteiger partial charge in [-0.25, -0.2) is 13.2 Å². The van der Waals surface area contributed by atoms with Gasteiger partial charge in [-0.1, -0.05) is 69.2 Å². The largest absolute Gasteiger partial charge is 0.489 e. The van der Waals surface area contributed by atoms with Gasteiger partial charge in [0.1, 0.15) is 18.0 Å². The second-order valence-electron chi connectivity index (χ2n) is 12.5. The van der Waals surface area contributed by atoms with Gasteiger partial charge < -0.3 is 29.4 Å².